The van der Waals surface area contributed by atoms with Gasteiger partial charge in [0.2, 0.25) is 0 Å². The van der Waals surface area contributed by atoms with Crippen molar-refractivity contribution in [2.75, 3.05) is 0 Å². The monoisotopic (exact) mass is 586 g/mol. The molecule has 46 heavy (non-hydrogen) atoms. The summed E-state index contributed by atoms with van der Waals surface area (Å²) in [7, 11) is 0. The molecule has 0 N–H and O–H groups in total. The molecule has 8 aromatic carbocycles. The van der Waals surface area contributed by atoms with Crippen LogP contribution in [0.3, 0.4) is 0 Å². The van der Waals surface area contributed by atoms with Crippen molar-refractivity contribution in [2.45, 2.75) is 0 Å². The van der Waals surface area contributed by atoms with Crippen LogP contribution in [0.5, 0.6) is 0 Å². The van der Waals surface area contributed by atoms with Crippen LogP contribution in [0, 0.1) is 0 Å². The van der Waals surface area contributed by atoms with E-state index in [-0.39, 0.29) is 0 Å². The fourth-order valence-electron chi connectivity index (χ4n) is 7.50. The lowest BCUT2D eigenvalue weighted by atomic mass is 9.83. The Labute approximate surface area is 264 Å². The van der Waals surface area contributed by atoms with Crippen LogP contribution >= 0.6 is 0 Å². The quantitative estimate of drug-likeness (QED) is 0.193. The molecule has 214 valence electrons. The van der Waals surface area contributed by atoms with Gasteiger partial charge in [0.25, 0.3) is 0 Å². The lowest BCUT2D eigenvalue weighted by Gasteiger charge is -2.19. The molecule has 0 atom stereocenters. The van der Waals surface area contributed by atoms with E-state index in [0.29, 0.717) is 0 Å². The molecule has 2 heteroatoms. The SMILES string of the molecule is c1ccc(-c2ccccc2-c2c3ccccc3c(-c3ccc4oc5ccc6c7ccccc7oc6c5c4c3)c3ccccc23)cc1. The molecule has 0 bridgehead atoms. The number of fused-ring (bicyclic) bond motifs is 9. The molecule has 0 saturated carbocycles. The number of hydrogen-bond donors (Lipinski definition) is 0. The first-order valence-corrected chi connectivity index (χ1v) is 15.7. The molecule has 2 nitrogen and oxygen atoms in total. The Hall–Kier alpha value is -6.12. The van der Waals surface area contributed by atoms with Crippen LogP contribution < -0.4 is 0 Å². The summed E-state index contributed by atoms with van der Waals surface area (Å²) in [6, 6.07) is 56.2. The molecule has 0 spiro atoms. The molecule has 10 rings (SSSR count). The van der Waals surface area contributed by atoms with Gasteiger partial charge in [-0.1, -0.05) is 127 Å². The summed E-state index contributed by atoms with van der Waals surface area (Å²) in [6.07, 6.45) is 0. The van der Waals surface area contributed by atoms with Gasteiger partial charge in [0.15, 0.2) is 0 Å². The third-order valence-corrected chi connectivity index (χ3v) is 9.48. The normalized spacial score (nSPS) is 11.9. The van der Waals surface area contributed by atoms with Crippen molar-refractivity contribution in [1.82, 2.24) is 0 Å². The molecule has 2 heterocycles. The largest absolute Gasteiger partial charge is 0.456 e. The number of benzene rings is 8. The van der Waals surface area contributed by atoms with Crippen LogP contribution in [0.1, 0.15) is 0 Å². The minimum atomic E-state index is 0.835. The minimum absolute atomic E-state index is 0.835. The first-order valence-electron chi connectivity index (χ1n) is 15.7. The lowest BCUT2D eigenvalue weighted by Crippen LogP contribution is -1.92. The molecule has 0 saturated heterocycles. The Balaban J connectivity index is 1.29. The molecular weight excluding hydrogens is 560 g/mol. The van der Waals surface area contributed by atoms with E-state index in [2.05, 4.69) is 146 Å². The lowest BCUT2D eigenvalue weighted by molar-refractivity contribution is 0.663. The molecule has 0 fully saturated rings. The third kappa shape index (κ3) is 3.59. The zero-order valence-electron chi connectivity index (χ0n) is 24.8. The second-order valence-electron chi connectivity index (χ2n) is 12.0. The van der Waals surface area contributed by atoms with E-state index in [1.54, 1.807) is 0 Å². The third-order valence-electron chi connectivity index (χ3n) is 9.48. The zero-order valence-corrected chi connectivity index (χ0v) is 24.8. The summed E-state index contributed by atoms with van der Waals surface area (Å²) in [4.78, 5) is 0. The van der Waals surface area contributed by atoms with E-state index < -0.39 is 0 Å². The fraction of sp³-hybridized carbons (Fsp3) is 0. The summed E-state index contributed by atoms with van der Waals surface area (Å²) < 4.78 is 12.9. The number of para-hydroxylation sites is 1. The predicted molar refractivity (Wildman–Crippen MR) is 192 cm³/mol. The van der Waals surface area contributed by atoms with E-state index in [1.165, 1.54) is 49.4 Å². The Morgan fingerprint density at radius 1 is 0.304 bits per heavy atom. The van der Waals surface area contributed by atoms with Crippen molar-refractivity contribution in [3.05, 3.63) is 158 Å². The van der Waals surface area contributed by atoms with Gasteiger partial charge in [-0.15, -0.1) is 0 Å². The maximum absolute atomic E-state index is 6.47. The van der Waals surface area contributed by atoms with Crippen molar-refractivity contribution in [3.63, 3.8) is 0 Å². The van der Waals surface area contributed by atoms with E-state index in [0.717, 1.165) is 49.4 Å². The van der Waals surface area contributed by atoms with Crippen LogP contribution in [-0.4, -0.2) is 0 Å². The van der Waals surface area contributed by atoms with Crippen molar-refractivity contribution in [3.8, 4) is 33.4 Å². The highest BCUT2D eigenvalue weighted by Gasteiger charge is 2.21. The van der Waals surface area contributed by atoms with Gasteiger partial charge in [0.1, 0.15) is 22.3 Å². The molecule has 0 radical (unpaired) electrons. The van der Waals surface area contributed by atoms with Gasteiger partial charge >= 0.3 is 0 Å². The average Bonchev–Trinajstić information content (AvgIpc) is 3.69. The Bertz CT molecular complexity index is 2740. The molecule has 0 aliphatic heterocycles. The van der Waals surface area contributed by atoms with E-state index in [4.69, 9.17) is 8.83 Å². The maximum atomic E-state index is 6.47. The second kappa shape index (κ2) is 9.69. The first kappa shape index (κ1) is 25.2. The van der Waals surface area contributed by atoms with Crippen molar-refractivity contribution < 1.29 is 8.83 Å². The second-order valence-corrected chi connectivity index (χ2v) is 12.0. The van der Waals surface area contributed by atoms with Gasteiger partial charge in [-0.25, -0.2) is 0 Å². The minimum Gasteiger partial charge on any atom is -0.456 e. The molecule has 0 unspecified atom stereocenters. The van der Waals surface area contributed by atoms with E-state index >= 15 is 0 Å². The maximum Gasteiger partial charge on any atom is 0.147 e. The van der Waals surface area contributed by atoms with Gasteiger partial charge in [-0.05, 0) is 85.3 Å². The van der Waals surface area contributed by atoms with Crippen molar-refractivity contribution in [2.24, 2.45) is 0 Å². The standard InChI is InChI=1S/C44H26O2/c1-2-12-27(13-3-1)29-14-4-5-16-31(29)42-34-19-8-6-17-32(34)41(33-18-7-9-20-35(33)42)28-22-24-39-37(26-28)43-40(45-39)25-23-36-30-15-10-11-21-38(30)46-44(36)43/h1-26H. The average molecular weight is 587 g/mol. The fourth-order valence-corrected chi connectivity index (χ4v) is 7.50. The van der Waals surface area contributed by atoms with Crippen LogP contribution in [0.2, 0.25) is 0 Å². The number of rotatable bonds is 3. The van der Waals surface area contributed by atoms with Crippen LogP contribution in [0.25, 0.3) is 98.8 Å². The number of hydrogen-bond acceptors (Lipinski definition) is 2. The summed E-state index contributed by atoms with van der Waals surface area (Å²) in [5.74, 6) is 0. The van der Waals surface area contributed by atoms with Crippen LogP contribution in [0.4, 0.5) is 0 Å². The Morgan fingerprint density at radius 3 is 1.61 bits per heavy atom. The van der Waals surface area contributed by atoms with Crippen LogP contribution in [0.15, 0.2) is 167 Å². The zero-order chi connectivity index (χ0) is 30.2. The highest BCUT2D eigenvalue weighted by molar-refractivity contribution is 6.25. The molecule has 2 aromatic heterocycles. The first-order chi connectivity index (χ1) is 22.8. The summed E-state index contributed by atoms with van der Waals surface area (Å²) in [5.41, 5.74) is 10.8. The summed E-state index contributed by atoms with van der Waals surface area (Å²) >= 11 is 0. The van der Waals surface area contributed by atoms with Gasteiger partial charge in [0, 0.05) is 16.2 Å². The molecular formula is C44H26O2. The highest BCUT2D eigenvalue weighted by atomic mass is 16.3. The van der Waals surface area contributed by atoms with Gasteiger partial charge in [0.05, 0.1) is 5.39 Å². The van der Waals surface area contributed by atoms with Crippen molar-refractivity contribution in [1.29, 1.82) is 0 Å². The highest BCUT2D eigenvalue weighted by Crippen LogP contribution is 2.47. The van der Waals surface area contributed by atoms with Crippen molar-refractivity contribution >= 4 is 65.4 Å². The van der Waals surface area contributed by atoms with Gasteiger partial charge in [-0.3, -0.25) is 0 Å². The predicted octanol–water partition coefficient (Wildman–Crippen LogP) is 12.8. The number of furan rings is 2. The van der Waals surface area contributed by atoms with Gasteiger partial charge < -0.3 is 8.83 Å². The van der Waals surface area contributed by atoms with E-state index in [1.807, 2.05) is 12.1 Å². The Kier molecular flexibility index (Phi) is 5.31. The summed E-state index contributed by atoms with van der Waals surface area (Å²) in [6.45, 7) is 0. The summed E-state index contributed by atoms with van der Waals surface area (Å²) in [5, 5.41) is 9.21. The topological polar surface area (TPSA) is 26.3 Å². The smallest absolute Gasteiger partial charge is 0.147 e. The Morgan fingerprint density at radius 2 is 0.870 bits per heavy atom. The molecule has 0 amide bonds. The van der Waals surface area contributed by atoms with Crippen LogP contribution in [-0.2, 0) is 0 Å². The molecule has 0 aliphatic carbocycles. The van der Waals surface area contributed by atoms with E-state index in [9.17, 15) is 0 Å². The van der Waals surface area contributed by atoms with Gasteiger partial charge in [-0.2, -0.15) is 0 Å². The molecule has 10 aromatic rings. The molecule has 0 aliphatic rings.